The lowest BCUT2D eigenvalue weighted by molar-refractivity contribution is -0.149. The number of carboxylic acid groups (broad SMARTS) is 1. The number of hydrogen-bond acceptors (Lipinski definition) is 3. The minimum absolute atomic E-state index is 0.118. The summed E-state index contributed by atoms with van der Waals surface area (Å²) in [6.45, 7) is 6.15. The van der Waals surface area contributed by atoms with Crippen LogP contribution in [0.15, 0.2) is 0 Å². The fraction of sp³-hybridized carbons (Fsp3) is 0.875. The molecule has 0 bridgehead atoms. The van der Waals surface area contributed by atoms with Crippen LogP contribution in [0.2, 0.25) is 0 Å². The van der Waals surface area contributed by atoms with Crippen LogP contribution >= 0.6 is 0 Å². The van der Waals surface area contributed by atoms with Gasteiger partial charge in [-0.2, -0.15) is 0 Å². The second-order valence-electron chi connectivity index (χ2n) is 6.79. The topological polar surface area (TPSA) is 66.8 Å². The van der Waals surface area contributed by atoms with Crippen molar-refractivity contribution in [3.63, 3.8) is 0 Å². The first kappa shape index (κ1) is 16.3. The fourth-order valence-corrected chi connectivity index (χ4v) is 3.56. The maximum Gasteiger partial charge on any atom is 0.306 e. The molecule has 0 spiro atoms. The average Bonchev–Trinajstić information content (AvgIpc) is 2.46. The Bertz CT molecular complexity index is 382. The maximum absolute atomic E-state index is 12.8. The van der Waals surface area contributed by atoms with Gasteiger partial charge in [0.05, 0.1) is 25.2 Å². The van der Waals surface area contributed by atoms with E-state index >= 15 is 0 Å². The molecule has 120 valence electrons. The van der Waals surface area contributed by atoms with Crippen molar-refractivity contribution in [2.45, 2.75) is 52.0 Å². The number of hydrogen-bond donors (Lipinski definition) is 1. The number of rotatable bonds is 4. The highest BCUT2D eigenvalue weighted by atomic mass is 16.5. The zero-order valence-electron chi connectivity index (χ0n) is 13.1. The Morgan fingerprint density at radius 2 is 2.00 bits per heavy atom. The summed E-state index contributed by atoms with van der Waals surface area (Å²) in [6.07, 6.45) is 3.82. The zero-order valence-corrected chi connectivity index (χ0v) is 13.1. The van der Waals surface area contributed by atoms with Gasteiger partial charge in [-0.05, 0) is 31.6 Å². The highest BCUT2D eigenvalue weighted by Crippen LogP contribution is 2.31. The van der Waals surface area contributed by atoms with Crippen LogP contribution < -0.4 is 0 Å². The zero-order chi connectivity index (χ0) is 15.4. The first-order valence-electron chi connectivity index (χ1n) is 8.10. The van der Waals surface area contributed by atoms with E-state index in [0.717, 1.165) is 19.3 Å². The van der Waals surface area contributed by atoms with Gasteiger partial charge in [-0.1, -0.05) is 20.3 Å². The second-order valence-corrected chi connectivity index (χ2v) is 6.79. The van der Waals surface area contributed by atoms with Crippen molar-refractivity contribution in [2.75, 3.05) is 19.8 Å². The summed E-state index contributed by atoms with van der Waals surface area (Å²) in [5, 5.41) is 9.17. The average molecular weight is 297 g/mol. The van der Waals surface area contributed by atoms with Gasteiger partial charge in [0.1, 0.15) is 0 Å². The van der Waals surface area contributed by atoms with E-state index in [1.807, 2.05) is 4.90 Å². The Balaban J connectivity index is 2.00. The van der Waals surface area contributed by atoms with Crippen LogP contribution in [0.1, 0.15) is 46.0 Å². The number of carbonyl (C=O) groups is 2. The van der Waals surface area contributed by atoms with E-state index in [1.54, 1.807) is 0 Å². The highest BCUT2D eigenvalue weighted by molar-refractivity contribution is 5.80. The van der Waals surface area contributed by atoms with Gasteiger partial charge in [-0.3, -0.25) is 9.59 Å². The van der Waals surface area contributed by atoms with E-state index in [-0.39, 0.29) is 23.8 Å². The fourth-order valence-electron chi connectivity index (χ4n) is 3.56. The van der Waals surface area contributed by atoms with Gasteiger partial charge in [0.15, 0.2) is 0 Å². The van der Waals surface area contributed by atoms with Gasteiger partial charge >= 0.3 is 5.97 Å². The normalized spacial score (nSPS) is 30.4. The summed E-state index contributed by atoms with van der Waals surface area (Å²) in [6, 6.07) is 0.149. The van der Waals surface area contributed by atoms with Gasteiger partial charge in [0, 0.05) is 12.5 Å². The Kier molecular flexibility index (Phi) is 5.62. The molecule has 3 unspecified atom stereocenters. The number of amides is 1. The van der Waals surface area contributed by atoms with Crippen molar-refractivity contribution in [2.24, 2.45) is 17.8 Å². The predicted molar refractivity (Wildman–Crippen MR) is 78.9 cm³/mol. The van der Waals surface area contributed by atoms with Crippen molar-refractivity contribution in [3.05, 3.63) is 0 Å². The monoisotopic (exact) mass is 297 g/mol. The lowest BCUT2D eigenvalue weighted by atomic mass is 9.80. The molecule has 1 aliphatic carbocycles. The molecule has 0 aromatic heterocycles. The molecule has 5 heteroatoms. The largest absolute Gasteiger partial charge is 0.481 e. The Morgan fingerprint density at radius 3 is 2.67 bits per heavy atom. The second kappa shape index (κ2) is 7.25. The van der Waals surface area contributed by atoms with E-state index in [0.29, 0.717) is 38.5 Å². The Morgan fingerprint density at radius 1 is 1.29 bits per heavy atom. The molecule has 1 amide bonds. The number of morpholine rings is 1. The predicted octanol–water partition coefficient (Wildman–Crippen LogP) is 2.15. The smallest absolute Gasteiger partial charge is 0.306 e. The summed E-state index contributed by atoms with van der Waals surface area (Å²) >= 11 is 0. The molecule has 2 aliphatic rings. The van der Waals surface area contributed by atoms with Crippen molar-refractivity contribution in [3.8, 4) is 0 Å². The van der Waals surface area contributed by atoms with Gasteiger partial charge < -0.3 is 14.7 Å². The molecule has 1 aliphatic heterocycles. The number of carboxylic acids is 1. The standard InChI is InChI=1S/C16H27NO4/c1-11(2)8-14-10-21-7-6-17(14)15(18)12-4-3-5-13(9-12)16(19)20/h11-14H,3-10H2,1-2H3,(H,19,20). The van der Waals surface area contributed by atoms with E-state index in [2.05, 4.69) is 13.8 Å². The van der Waals surface area contributed by atoms with Gasteiger partial charge in [0.2, 0.25) is 5.91 Å². The number of carbonyl (C=O) groups excluding carboxylic acids is 1. The third kappa shape index (κ3) is 4.19. The number of nitrogens with zero attached hydrogens (tertiary/aromatic N) is 1. The van der Waals surface area contributed by atoms with E-state index in [9.17, 15) is 14.7 Å². The number of aliphatic carboxylic acids is 1. The molecule has 0 radical (unpaired) electrons. The summed E-state index contributed by atoms with van der Waals surface area (Å²) in [5.74, 6) is -0.557. The molecule has 0 aromatic carbocycles. The molecule has 2 rings (SSSR count). The molecular weight excluding hydrogens is 270 g/mol. The van der Waals surface area contributed by atoms with Crippen LogP contribution in [-0.2, 0) is 14.3 Å². The molecule has 5 nitrogen and oxygen atoms in total. The van der Waals surface area contributed by atoms with Crippen molar-refractivity contribution < 1.29 is 19.4 Å². The molecule has 1 saturated carbocycles. The highest BCUT2D eigenvalue weighted by Gasteiger charge is 2.36. The molecule has 1 heterocycles. The molecule has 2 fully saturated rings. The summed E-state index contributed by atoms with van der Waals surface area (Å²) < 4.78 is 5.52. The SMILES string of the molecule is CC(C)CC1COCCN1C(=O)C1CCCC(C(=O)O)C1. The van der Waals surface area contributed by atoms with Gasteiger partial charge in [-0.25, -0.2) is 0 Å². The molecular formula is C16H27NO4. The van der Waals surface area contributed by atoms with Crippen molar-refractivity contribution in [1.29, 1.82) is 0 Å². The van der Waals surface area contributed by atoms with Crippen LogP contribution in [0.3, 0.4) is 0 Å². The van der Waals surface area contributed by atoms with Crippen LogP contribution in [0.4, 0.5) is 0 Å². The molecule has 21 heavy (non-hydrogen) atoms. The van der Waals surface area contributed by atoms with Crippen LogP contribution in [0.25, 0.3) is 0 Å². The van der Waals surface area contributed by atoms with Crippen molar-refractivity contribution in [1.82, 2.24) is 4.90 Å². The summed E-state index contributed by atoms with van der Waals surface area (Å²) in [7, 11) is 0. The van der Waals surface area contributed by atoms with E-state index < -0.39 is 5.97 Å². The van der Waals surface area contributed by atoms with Crippen molar-refractivity contribution >= 4 is 11.9 Å². The van der Waals surface area contributed by atoms with Crippen LogP contribution in [-0.4, -0.2) is 47.7 Å². The minimum atomic E-state index is -0.756. The van der Waals surface area contributed by atoms with Crippen LogP contribution in [0.5, 0.6) is 0 Å². The summed E-state index contributed by atoms with van der Waals surface area (Å²) in [5.41, 5.74) is 0. The molecule has 0 aromatic rings. The number of ether oxygens (including phenoxy) is 1. The Hall–Kier alpha value is -1.10. The first-order valence-corrected chi connectivity index (χ1v) is 8.10. The lowest BCUT2D eigenvalue weighted by Crippen LogP contribution is -2.51. The van der Waals surface area contributed by atoms with Gasteiger partial charge in [-0.15, -0.1) is 0 Å². The first-order chi connectivity index (χ1) is 9.99. The Labute approximate surface area is 126 Å². The lowest BCUT2D eigenvalue weighted by Gasteiger charge is -2.39. The summed E-state index contributed by atoms with van der Waals surface area (Å²) in [4.78, 5) is 25.9. The quantitative estimate of drug-likeness (QED) is 0.863. The van der Waals surface area contributed by atoms with Gasteiger partial charge in [0.25, 0.3) is 0 Å². The van der Waals surface area contributed by atoms with E-state index in [1.165, 1.54) is 0 Å². The van der Waals surface area contributed by atoms with E-state index in [4.69, 9.17) is 4.74 Å². The maximum atomic E-state index is 12.8. The van der Waals surface area contributed by atoms with Crippen LogP contribution in [0, 0.1) is 17.8 Å². The molecule has 3 atom stereocenters. The molecule has 1 saturated heterocycles. The molecule has 1 N–H and O–H groups in total. The third-order valence-corrected chi connectivity index (χ3v) is 4.63. The third-order valence-electron chi connectivity index (χ3n) is 4.63. The minimum Gasteiger partial charge on any atom is -0.481 e.